The summed E-state index contributed by atoms with van der Waals surface area (Å²) in [6, 6.07) is 14.8. The van der Waals surface area contributed by atoms with Gasteiger partial charge in [0.15, 0.2) is 0 Å². The number of anilines is 1. The largest absolute Gasteiger partial charge is 0.487 e. The van der Waals surface area contributed by atoms with Crippen molar-refractivity contribution in [1.29, 1.82) is 0 Å². The summed E-state index contributed by atoms with van der Waals surface area (Å²) in [5.74, 6) is 0.889. The monoisotopic (exact) mass is 548 g/mol. The van der Waals surface area contributed by atoms with Gasteiger partial charge in [-0.2, -0.15) is 0 Å². The van der Waals surface area contributed by atoms with Crippen molar-refractivity contribution in [3.05, 3.63) is 48.0 Å². The van der Waals surface area contributed by atoms with E-state index in [1.807, 2.05) is 17.9 Å². The number of nitrogens with zero attached hydrogens (tertiary/aromatic N) is 1. The average Bonchev–Trinajstić information content (AvgIpc) is 2.95. The number of amides is 2. The van der Waals surface area contributed by atoms with Gasteiger partial charge in [-0.3, -0.25) is 9.69 Å². The summed E-state index contributed by atoms with van der Waals surface area (Å²) in [7, 11) is 0. The maximum Gasteiger partial charge on any atom is 0.322 e. The highest BCUT2D eigenvalue weighted by atomic mass is 16.5. The standard InChI is InChI=1S/C34H48N2O4/c1-3-4-5-6-7-8-9-10-21-35-34(39)36-24-25(2)40-32-23-30(19-20-31(32)36)29-17-15-28(16-18-29)27-13-11-26(12-14-27)22-33(37)38/h15-20,23,25-27H,3-14,21-22,24H2,1-2H3,(H,35,39)(H,37,38)/t25?,26-,27-. The van der Waals surface area contributed by atoms with Gasteiger partial charge in [0.1, 0.15) is 11.9 Å². The van der Waals surface area contributed by atoms with Crippen molar-refractivity contribution in [3.63, 3.8) is 0 Å². The first-order valence-corrected chi connectivity index (χ1v) is 15.6. The molecule has 6 nitrogen and oxygen atoms in total. The van der Waals surface area contributed by atoms with Crippen LogP contribution in [-0.2, 0) is 4.79 Å². The lowest BCUT2D eigenvalue weighted by Gasteiger charge is -2.33. The number of unbranched alkanes of at least 4 members (excludes halogenated alkanes) is 7. The zero-order chi connectivity index (χ0) is 28.3. The third-order valence-electron chi connectivity index (χ3n) is 8.60. The van der Waals surface area contributed by atoms with Crippen molar-refractivity contribution in [2.24, 2.45) is 5.92 Å². The highest BCUT2D eigenvalue weighted by Gasteiger charge is 2.28. The lowest BCUT2D eigenvalue weighted by molar-refractivity contribution is -0.138. The number of rotatable bonds is 13. The van der Waals surface area contributed by atoms with Gasteiger partial charge in [0.05, 0.1) is 12.2 Å². The fourth-order valence-electron chi connectivity index (χ4n) is 6.26. The Morgan fingerprint density at radius 2 is 1.55 bits per heavy atom. The van der Waals surface area contributed by atoms with Crippen LogP contribution in [0.4, 0.5) is 10.5 Å². The predicted octanol–water partition coefficient (Wildman–Crippen LogP) is 8.54. The van der Waals surface area contributed by atoms with E-state index in [9.17, 15) is 9.59 Å². The Bertz CT molecular complexity index is 1090. The second-order valence-electron chi connectivity index (χ2n) is 11.9. The van der Waals surface area contributed by atoms with E-state index >= 15 is 0 Å². The maximum atomic E-state index is 13.1. The van der Waals surface area contributed by atoms with Gasteiger partial charge in [-0.15, -0.1) is 0 Å². The van der Waals surface area contributed by atoms with Crippen LogP contribution >= 0.6 is 0 Å². The van der Waals surface area contributed by atoms with Gasteiger partial charge in [-0.05, 0) is 79.7 Å². The number of carbonyl (C=O) groups excluding carboxylic acids is 1. The number of hydrogen-bond acceptors (Lipinski definition) is 3. The van der Waals surface area contributed by atoms with Gasteiger partial charge in [-0.25, -0.2) is 4.79 Å². The molecule has 1 fully saturated rings. The van der Waals surface area contributed by atoms with E-state index in [1.165, 1.54) is 44.1 Å². The Morgan fingerprint density at radius 3 is 2.23 bits per heavy atom. The number of carboxylic acids is 1. The average molecular weight is 549 g/mol. The molecular formula is C34H48N2O4. The molecule has 0 saturated heterocycles. The lowest BCUT2D eigenvalue weighted by atomic mass is 9.77. The first-order chi connectivity index (χ1) is 19.4. The molecule has 218 valence electrons. The van der Waals surface area contributed by atoms with Crippen molar-refractivity contribution in [3.8, 4) is 16.9 Å². The maximum absolute atomic E-state index is 13.1. The van der Waals surface area contributed by atoms with E-state index in [-0.39, 0.29) is 12.1 Å². The zero-order valence-electron chi connectivity index (χ0n) is 24.5. The molecule has 1 aliphatic carbocycles. The normalized spacial score (nSPS) is 20.4. The molecule has 0 radical (unpaired) electrons. The third-order valence-corrected chi connectivity index (χ3v) is 8.60. The molecule has 4 rings (SSSR count). The van der Waals surface area contributed by atoms with Gasteiger partial charge in [0, 0.05) is 13.0 Å². The molecule has 0 spiro atoms. The Hall–Kier alpha value is -3.02. The fraction of sp³-hybridized carbons (Fsp3) is 0.588. The van der Waals surface area contributed by atoms with E-state index in [0.717, 1.165) is 61.1 Å². The highest BCUT2D eigenvalue weighted by Crippen LogP contribution is 2.39. The quantitative estimate of drug-likeness (QED) is 0.246. The minimum Gasteiger partial charge on any atom is -0.487 e. The van der Waals surface area contributed by atoms with Gasteiger partial charge < -0.3 is 15.2 Å². The van der Waals surface area contributed by atoms with Crippen LogP contribution in [0.2, 0.25) is 0 Å². The second kappa shape index (κ2) is 15.1. The summed E-state index contributed by atoms with van der Waals surface area (Å²) in [6.45, 7) is 5.50. The number of aliphatic carboxylic acids is 1. The Kier molecular flexibility index (Phi) is 11.3. The zero-order valence-corrected chi connectivity index (χ0v) is 24.5. The molecule has 40 heavy (non-hydrogen) atoms. The molecule has 2 aromatic rings. The second-order valence-corrected chi connectivity index (χ2v) is 11.9. The van der Waals surface area contributed by atoms with Gasteiger partial charge in [0.25, 0.3) is 0 Å². The molecule has 1 atom stereocenters. The first kappa shape index (κ1) is 30.0. The summed E-state index contributed by atoms with van der Waals surface area (Å²) in [5.41, 5.74) is 4.35. The van der Waals surface area contributed by atoms with Gasteiger partial charge in [-0.1, -0.05) is 82.2 Å². The highest BCUT2D eigenvalue weighted by molar-refractivity contribution is 5.94. The van der Waals surface area contributed by atoms with Gasteiger partial charge >= 0.3 is 12.0 Å². The number of hydrogen-bond donors (Lipinski definition) is 2. The molecule has 1 saturated carbocycles. The van der Waals surface area contributed by atoms with E-state index in [1.54, 1.807) is 0 Å². The van der Waals surface area contributed by atoms with E-state index in [0.29, 0.717) is 31.3 Å². The van der Waals surface area contributed by atoms with E-state index in [4.69, 9.17) is 9.84 Å². The number of carbonyl (C=O) groups is 2. The lowest BCUT2D eigenvalue weighted by Crippen LogP contribution is -2.47. The molecule has 0 aromatic heterocycles. The predicted molar refractivity (Wildman–Crippen MR) is 162 cm³/mol. The number of fused-ring (bicyclic) bond motifs is 1. The number of nitrogens with one attached hydrogen (secondary N) is 1. The van der Waals surface area contributed by atoms with Crippen molar-refractivity contribution < 1.29 is 19.4 Å². The van der Waals surface area contributed by atoms with Crippen LogP contribution in [0.3, 0.4) is 0 Å². The molecule has 2 N–H and O–H groups in total. The first-order valence-electron chi connectivity index (χ1n) is 15.6. The molecule has 2 amide bonds. The summed E-state index contributed by atoms with van der Waals surface area (Å²) in [5, 5.41) is 12.2. The number of carboxylic acid groups (broad SMARTS) is 1. The van der Waals surface area contributed by atoms with Gasteiger partial charge in [0.2, 0.25) is 0 Å². The summed E-state index contributed by atoms with van der Waals surface area (Å²) in [6.07, 6.45) is 14.3. The van der Waals surface area contributed by atoms with Crippen LogP contribution in [-0.4, -0.2) is 36.3 Å². The van der Waals surface area contributed by atoms with Crippen molar-refractivity contribution in [2.45, 2.75) is 109 Å². The van der Waals surface area contributed by atoms with Crippen LogP contribution in [0.15, 0.2) is 42.5 Å². The summed E-state index contributed by atoms with van der Waals surface area (Å²) in [4.78, 5) is 25.9. The molecule has 2 aliphatic rings. The minimum absolute atomic E-state index is 0.0467. The van der Waals surface area contributed by atoms with Crippen LogP contribution in [0, 0.1) is 5.92 Å². The molecular weight excluding hydrogens is 500 g/mol. The van der Waals surface area contributed by atoms with Crippen molar-refractivity contribution in [2.75, 3.05) is 18.0 Å². The smallest absolute Gasteiger partial charge is 0.322 e. The van der Waals surface area contributed by atoms with E-state index in [2.05, 4.69) is 48.6 Å². The molecule has 6 heteroatoms. The number of benzene rings is 2. The van der Waals surface area contributed by atoms with Crippen molar-refractivity contribution >= 4 is 17.7 Å². The topological polar surface area (TPSA) is 78.9 Å². The van der Waals surface area contributed by atoms with Crippen molar-refractivity contribution in [1.82, 2.24) is 5.32 Å². The molecule has 2 aromatic carbocycles. The molecule has 1 unspecified atom stereocenters. The summed E-state index contributed by atoms with van der Waals surface area (Å²) >= 11 is 0. The number of urea groups is 1. The van der Waals surface area contributed by atoms with E-state index < -0.39 is 5.97 Å². The summed E-state index contributed by atoms with van der Waals surface area (Å²) < 4.78 is 6.17. The fourth-order valence-corrected chi connectivity index (χ4v) is 6.26. The number of ether oxygens (including phenoxy) is 1. The van der Waals surface area contributed by atoms with Crippen LogP contribution in [0.25, 0.3) is 11.1 Å². The third kappa shape index (κ3) is 8.49. The minimum atomic E-state index is -0.682. The molecule has 0 bridgehead atoms. The van der Waals surface area contributed by atoms with Crippen LogP contribution in [0.1, 0.15) is 109 Å². The van der Waals surface area contributed by atoms with Crippen LogP contribution in [0.5, 0.6) is 5.75 Å². The van der Waals surface area contributed by atoms with Crippen LogP contribution < -0.4 is 15.0 Å². The Balaban J connectivity index is 1.30. The SMILES string of the molecule is CCCCCCCCCCNC(=O)N1CC(C)Oc2cc(-c3ccc([C@H]4CC[C@H](CC(=O)O)CC4)cc3)ccc21. The Labute approximate surface area is 240 Å². The molecule has 1 heterocycles. The Morgan fingerprint density at radius 1 is 0.900 bits per heavy atom. The molecule has 1 aliphatic heterocycles.